The van der Waals surface area contributed by atoms with E-state index in [1.807, 2.05) is 13.0 Å². The van der Waals surface area contributed by atoms with Gasteiger partial charge in [0, 0.05) is 5.54 Å². The van der Waals surface area contributed by atoms with Crippen LogP contribution in [0.25, 0.3) is 0 Å². The van der Waals surface area contributed by atoms with Crippen LogP contribution in [-0.4, -0.2) is 17.4 Å². The van der Waals surface area contributed by atoms with E-state index in [9.17, 15) is 9.59 Å². The van der Waals surface area contributed by atoms with E-state index in [0.29, 0.717) is 11.4 Å². The van der Waals surface area contributed by atoms with Crippen molar-refractivity contribution in [1.82, 2.24) is 5.32 Å². The Morgan fingerprint density at radius 1 is 1.04 bits per heavy atom. The molecular formula is C19H25N3O2. The first-order valence-corrected chi connectivity index (χ1v) is 8.92. The van der Waals surface area contributed by atoms with E-state index in [4.69, 9.17) is 5.73 Å². The van der Waals surface area contributed by atoms with Crippen molar-refractivity contribution in [3.05, 3.63) is 23.8 Å². The van der Waals surface area contributed by atoms with Gasteiger partial charge in [0.15, 0.2) is 0 Å². The summed E-state index contributed by atoms with van der Waals surface area (Å²) in [6.07, 6.45) is 7.02. The zero-order chi connectivity index (χ0) is 16.9. The van der Waals surface area contributed by atoms with Gasteiger partial charge in [0.05, 0.1) is 11.4 Å². The summed E-state index contributed by atoms with van der Waals surface area (Å²) in [5.41, 5.74) is 7.75. The number of anilines is 2. The van der Waals surface area contributed by atoms with Crippen molar-refractivity contribution in [1.29, 1.82) is 0 Å². The molecule has 0 unspecified atom stereocenters. The van der Waals surface area contributed by atoms with E-state index in [-0.39, 0.29) is 5.54 Å². The molecule has 5 nitrogen and oxygen atoms in total. The highest BCUT2D eigenvalue weighted by atomic mass is 16.2. The molecule has 0 aromatic heterocycles. The van der Waals surface area contributed by atoms with E-state index >= 15 is 0 Å². The number of nitrogens with one attached hydrogen (secondary N) is 2. The zero-order valence-corrected chi connectivity index (χ0v) is 14.1. The smallest absolute Gasteiger partial charge is 0.313 e. The first-order valence-electron chi connectivity index (χ1n) is 8.92. The van der Waals surface area contributed by atoms with Crippen LogP contribution in [0.3, 0.4) is 0 Å². The first kappa shape index (κ1) is 15.5. The lowest BCUT2D eigenvalue weighted by Gasteiger charge is -2.56. The minimum atomic E-state index is -0.624. The maximum Gasteiger partial charge on any atom is 0.313 e. The number of amides is 2. The molecule has 4 fully saturated rings. The highest BCUT2D eigenvalue weighted by Gasteiger charge is 2.51. The van der Waals surface area contributed by atoms with Gasteiger partial charge >= 0.3 is 11.8 Å². The van der Waals surface area contributed by atoms with Gasteiger partial charge in [-0.3, -0.25) is 9.59 Å². The topological polar surface area (TPSA) is 84.2 Å². The lowest BCUT2D eigenvalue weighted by molar-refractivity contribution is -0.139. The van der Waals surface area contributed by atoms with Gasteiger partial charge in [-0.1, -0.05) is 6.07 Å². The van der Waals surface area contributed by atoms with Crippen molar-refractivity contribution >= 4 is 23.2 Å². The second-order valence-electron chi connectivity index (χ2n) is 8.20. The van der Waals surface area contributed by atoms with E-state index < -0.39 is 11.8 Å². The Hall–Kier alpha value is -2.04. The predicted octanol–water partition coefficient (Wildman–Crippen LogP) is 2.60. The van der Waals surface area contributed by atoms with Crippen LogP contribution >= 0.6 is 0 Å². The number of nitrogens with two attached hydrogens (primary N) is 1. The van der Waals surface area contributed by atoms with Gasteiger partial charge in [-0.25, -0.2) is 0 Å². The summed E-state index contributed by atoms with van der Waals surface area (Å²) in [4.78, 5) is 24.7. The van der Waals surface area contributed by atoms with Crippen molar-refractivity contribution < 1.29 is 9.59 Å². The van der Waals surface area contributed by atoms with Gasteiger partial charge in [0.2, 0.25) is 0 Å². The quantitative estimate of drug-likeness (QED) is 0.576. The van der Waals surface area contributed by atoms with Crippen molar-refractivity contribution in [2.24, 2.45) is 17.8 Å². The molecule has 0 heterocycles. The maximum absolute atomic E-state index is 12.4. The van der Waals surface area contributed by atoms with Gasteiger partial charge in [0.1, 0.15) is 0 Å². The summed E-state index contributed by atoms with van der Waals surface area (Å²) >= 11 is 0. The summed E-state index contributed by atoms with van der Waals surface area (Å²) in [7, 11) is 0. The Morgan fingerprint density at radius 2 is 1.62 bits per heavy atom. The summed E-state index contributed by atoms with van der Waals surface area (Å²) in [6.45, 7) is 1.93. The molecule has 0 radical (unpaired) electrons. The van der Waals surface area contributed by atoms with Gasteiger partial charge in [-0.15, -0.1) is 0 Å². The van der Waals surface area contributed by atoms with Gasteiger partial charge in [-0.2, -0.15) is 0 Å². The molecule has 0 spiro atoms. The average Bonchev–Trinajstić information content (AvgIpc) is 2.48. The number of hydrogen-bond donors (Lipinski definition) is 3. The molecule has 0 saturated heterocycles. The molecule has 4 bridgehead atoms. The van der Waals surface area contributed by atoms with Crippen LogP contribution in [0.1, 0.15) is 44.1 Å². The molecule has 5 rings (SSSR count). The van der Waals surface area contributed by atoms with Gasteiger partial charge in [-0.05, 0) is 80.9 Å². The first-order chi connectivity index (χ1) is 11.4. The molecule has 1 aromatic carbocycles. The van der Waals surface area contributed by atoms with Crippen molar-refractivity contribution in [3.63, 3.8) is 0 Å². The third-order valence-corrected chi connectivity index (χ3v) is 6.08. The molecule has 24 heavy (non-hydrogen) atoms. The molecule has 0 atom stereocenters. The van der Waals surface area contributed by atoms with E-state index in [1.54, 1.807) is 12.1 Å². The Kier molecular flexibility index (Phi) is 3.55. The fourth-order valence-electron chi connectivity index (χ4n) is 5.54. The third kappa shape index (κ3) is 2.76. The Bertz CT molecular complexity index is 663. The summed E-state index contributed by atoms with van der Waals surface area (Å²) in [5.74, 6) is 1.03. The van der Waals surface area contributed by atoms with Crippen molar-refractivity contribution in [3.8, 4) is 0 Å². The predicted molar refractivity (Wildman–Crippen MR) is 93.3 cm³/mol. The molecule has 4 N–H and O–H groups in total. The Labute approximate surface area is 142 Å². The summed E-state index contributed by atoms with van der Waals surface area (Å²) in [5, 5.41) is 5.73. The van der Waals surface area contributed by atoms with Gasteiger partial charge in [0.25, 0.3) is 0 Å². The van der Waals surface area contributed by atoms with Crippen LogP contribution in [0.4, 0.5) is 11.4 Å². The fraction of sp³-hybridized carbons (Fsp3) is 0.579. The Morgan fingerprint density at radius 3 is 2.17 bits per heavy atom. The lowest BCUT2D eigenvalue weighted by atomic mass is 9.53. The maximum atomic E-state index is 12.4. The van der Waals surface area contributed by atoms with E-state index in [0.717, 1.165) is 42.6 Å². The Balaban J connectivity index is 1.43. The average molecular weight is 327 g/mol. The zero-order valence-electron chi connectivity index (χ0n) is 14.1. The second kappa shape index (κ2) is 5.50. The molecular weight excluding hydrogens is 302 g/mol. The highest BCUT2D eigenvalue weighted by molar-refractivity contribution is 6.40. The van der Waals surface area contributed by atoms with Crippen LogP contribution in [0.15, 0.2) is 18.2 Å². The lowest BCUT2D eigenvalue weighted by Crippen LogP contribution is -2.61. The molecule has 1 aromatic rings. The molecule has 4 aliphatic rings. The normalized spacial score (nSPS) is 33.3. The molecule has 5 heteroatoms. The van der Waals surface area contributed by atoms with Crippen LogP contribution in [0.5, 0.6) is 0 Å². The minimum absolute atomic E-state index is 0.151. The molecule has 4 aliphatic carbocycles. The molecule has 0 aliphatic heterocycles. The van der Waals surface area contributed by atoms with Crippen molar-refractivity contribution in [2.45, 2.75) is 51.0 Å². The number of benzene rings is 1. The van der Waals surface area contributed by atoms with Crippen LogP contribution in [-0.2, 0) is 9.59 Å². The fourth-order valence-corrected chi connectivity index (χ4v) is 5.54. The van der Waals surface area contributed by atoms with Crippen LogP contribution < -0.4 is 16.4 Å². The second-order valence-corrected chi connectivity index (χ2v) is 8.20. The number of carbonyl (C=O) groups is 2. The number of hydrogen-bond acceptors (Lipinski definition) is 3. The minimum Gasteiger partial charge on any atom is -0.397 e. The largest absolute Gasteiger partial charge is 0.397 e. The highest BCUT2D eigenvalue weighted by Crippen LogP contribution is 2.55. The van der Waals surface area contributed by atoms with Crippen molar-refractivity contribution in [2.75, 3.05) is 11.1 Å². The number of carbonyl (C=O) groups excluding carboxylic acids is 2. The molecule has 2 amide bonds. The summed E-state index contributed by atoms with van der Waals surface area (Å²) in [6, 6.07) is 5.39. The monoisotopic (exact) mass is 327 g/mol. The number of aryl methyl sites for hydroxylation is 1. The van der Waals surface area contributed by atoms with E-state index in [2.05, 4.69) is 10.6 Å². The molecule has 128 valence electrons. The van der Waals surface area contributed by atoms with E-state index in [1.165, 1.54) is 19.3 Å². The third-order valence-electron chi connectivity index (χ3n) is 6.08. The van der Waals surface area contributed by atoms with Gasteiger partial charge < -0.3 is 16.4 Å². The number of rotatable bonds is 2. The van der Waals surface area contributed by atoms with Crippen LogP contribution in [0, 0.1) is 24.7 Å². The molecule has 4 saturated carbocycles. The number of nitrogen functional groups attached to an aromatic ring is 1. The SMILES string of the molecule is Cc1ccc(NC(=O)C(=O)NC23CC4CC(CC(C4)C2)C3)c(N)c1. The standard InChI is InChI=1S/C19H25N3O2/c1-11-2-3-16(15(20)4-11)21-17(23)18(24)22-19-8-12-5-13(9-19)7-14(6-12)10-19/h2-4,12-14H,5-10,20H2,1H3,(H,21,23)(H,22,24). The van der Waals surface area contributed by atoms with Crippen LogP contribution in [0.2, 0.25) is 0 Å². The summed E-state index contributed by atoms with van der Waals surface area (Å²) < 4.78 is 0.